The molecule has 0 heterocycles. The first-order chi connectivity index (χ1) is 32.9. The summed E-state index contributed by atoms with van der Waals surface area (Å²) in [5.74, 6) is 1.03. The van der Waals surface area contributed by atoms with Gasteiger partial charge in [0.1, 0.15) is 23.0 Å². The van der Waals surface area contributed by atoms with E-state index in [1.54, 1.807) is 60.7 Å². The van der Waals surface area contributed by atoms with Gasteiger partial charge in [-0.1, -0.05) is 135 Å². The molecule has 0 aliphatic carbocycles. The van der Waals surface area contributed by atoms with Gasteiger partial charge in [-0.05, 0) is 128 Å². The number of unbranched alkanes of at least 4 members (excludes halogenated alkanes) is 18. The Hall–Kier alpha value is -6.16. The summed E-state index contributed by atoms with van der Waals surface area (Å²) in [5.41, 5.74) is 3.94. The Balaban J connectivity index is 0.990. The van der Waals surface area contributed by atoms with Crippen molar-refractivity contribution in [1.29, 1.82) is 0 Å². The van der Waals surface area contributed by atoms with Crippen LogP contribution in [-0.2, 0) is 0 Å². The highest BCUT2D eigenvalue weighted by Gasteiger charge is 2.14. The number of rotatable bonds is 32. The van der Waals surface area contributed by atoms with E-state index in [1.165, 1.54) is 122 Å². The van der Waals surface area contributed by atoms with Crippen molar-refractivity contribution in [3.05, 3.63) is 132 Å². The number of azo groups is 2. The first-order valence-electron chi connectivity index (χ1n) is 24.9. The van der Waals surface area contributed by atoms with Crippen LogP contribution >= 0.6 is 0 Å². The molecule has 0 fully saturated rings. The van der Waals surface area contributed by atoms with E-state index in [-0.39, 0.29) is 11.5 Å². The number of ether oxygens (including phenoxy) is 4. The molecule has 0 amide bonds. The van der Waals surface area contributed by atoms with E-state index in [9.17, 15) is 9.59 Å². The SMILES string of the molecule is CCCCCCCCCCCCOc1ccc(N=Nc2ccc(C(=O)Oc3ccc(C)c(OC(=O)c4ccc(N=Nc5ccc(OCCCCCCCCCCCC)cc5)cc4)c3)cc2)cc1. The van der Waals surface area contributed by atoms with Gasteiger partial charge < -0.3 is 18.9 Å². The van der Waals surface area contributed by atoms with Crippen molar-refractivity contribution in [3.63, 3.8) is 0 Å². The monoisotopic (exact) mass is 909 g/mol. The predicted octanol–water partition coefficient (Wildman–Crippen LogP) is 17.9. The molecule has 5 aromatic rings. The van der Waals surface area contributed by atoms with Gasteiger partial charge in [-0.15, -0.1) is 0 Å². The fourth-order valence-corrected chi connectivity index (χ4v) is 7.42. The summed E-state index contributed by atoms with van der Waals surface area (Å²) in [5, 5.41) is 17.3. The average Bonchev–Trinajstić information content (AvgIpc) is 3.35. The van der Waals surface area contributed by atoms with Crippen LogP contribution in [0.4, 0.5) is 22.7 Å². The molecule has 67 heavy (non-hydrogen) atoms. The Bertz CT molecular complexity index is 2220. The van der Waals surface area contributed by atoms with E-state index in [2.05, 4.69) is 34.3 Å². The van der Waals surface area contributed by atoms with Crippen LogP contribution in [0.1, 0.15) is 169 Å². The van der Waals surface area contributed by atoms with Crippen LogP contribution in [0.3, 0.4) is 0 Å². The quantitative estimate of drug-likeness (QED) is 0.0183. The zero-order valence-electron chi connectivity index (χ0n) is 40.3. The molecule has 10 nitrogen and oxygen atoms in total. The predicted molar refractivity (Wildman–Crippen MR) is 270 cm³/mol. The molecule has 356 valence electrons. The Kier molecular flexibility index (Phi) is 23.9. The minimum atomic E-state index is -0.563. The van der Waals surface area contributed by atoms with Crippen LogP contribution in [-0.4, -0.2) is 25.2 Å². The largest absolute Gasteiger partial charge is 0.494 e. The number of aryl methyl sites for hydroxylation is 1. The molecule has 0 bridgehead atoms. The Labute approximate surface area is 399 Å². The molecule has 0 aliphatic heterocycles. The van der Waals surface area contributed by atoms with Crippen molar-refractivity contribution in [3.8, 4) is 23.0 Å². The van der Waals surface area contributed by atoms with Crippen molar-refractivity contribution in [2.45, 2.75) is 149 Å². The third-order valence-corrected chi connectivity index (χ3v) is 11.5. The molecule has 0 saturated carbocycles. The van der Waals surface area contributed by atoms with E-state index < -0.39 is 11.9 Å². The maximum absolute atomic E-state index is 13.1. The summed E-state index contributed by atoms with van der Waals surface area (Å²) in [6.07, 6.45) is 25.9. The molecule has 0 saturated heterocycles. The summed E-state index contributed by atoms with van der Waals surface area (Å²) in [4.78, 5) is 26.2. The highest BCUT2D eigenvalue weighted by Crippen LogP contribution is 2.28. The normalized spacial score (nSPS) is 11.3. The summed E-state index contributed by atoms with van der Waals surface area (Å²) >= 11 is 0. The Morgan fingerprint density at radius 3 is 1.06 bits per heavy atom. The lowest BCUT2D eigenvalue weighted by Crippen LogP contribution is -2.11. The van der Waals surface area contributed by atoms with Crippen molar-refractivity contribution in [2.24, 2.45) is 20.5 Å². The smallest absolute Gasteiger partial charge is 0.343 e. The van der Waals surface area contributed by atoms with Crippen LogP contribution in [0, 0.1) is 6.92 Å². The van der Waals surface area contributed by atoms with Crippen molar-refractivity contribution in [2.75, 3.05) is 13.2 Å². The number of benzene rings is 5. The number of carbonyl (C=O) groups is 2. The molecule has 0 radical (unpaired) electrons. The van der Waals surface area contributed by atoms with Gasteiger partial charge in [0.15, 0.2) is 0 Å². The van der Waals surface area contributed by atoms with Gasteiger partial charge >= 0.3 is 11.9 Å². The van der Waals surface area contributed by atoms with Gasteiger partial charge in [-0.2, -0.15) is 20.5 Å². The number of nitrogens with zero attached hydrogens (tertiary/aromatic N) is 4. The van der Waals surface area contributed by atoms with Gasteiger partial charge in [-0.25, -0.2) is 9.59 Å². The first kappa shape index (κ1) is 51.8. The third-order valence-electron chi connectivity index (χ3n) is 11.5. The second-order valence-electron chi connectivity index (χ2n) is 17.2. The van der Waals surface area contributed by atoms with E-state index >= 15 is 0 Å². The fraction of sp³-hybridized carbons (Fsp3) is 0.439. The summed E-state index contributed by atoms with van der Waals surface area (Å²) in [6, 6.07) is 33.4. The van der Waals surface area contributed by atoms with Crippen LogP contribution in [0.25, 0.3) is 0 Å². The summed E-state index contributed by atoms with van der Waals surface area (Å²) in [6.45, 7) is 7.75. The third kappa shape index (κ3) is 20.5. The first-order valence-corrected chi connectivity index (χ1v) is 24.9. The van der Waals surface area contributed by atoms with Crippen LogP contribution < -0.4 is 18.9 Å². The minimum absolute atomic E-state index is 0.238. The zero-order chi connectivity index (χ0) is 47.2. The lowest BCUT2D eigenvalue weighted by molar-refractivity contribution is 0.0732. The number of hydrogen-bond acceptors (Lipinski definition) is 10. The highest BCUT2D eigenvalue weighted by molar-refractivity contribution is 5.92. The van der Waals surface area contributed by atoms with E-state index in [0.717, 1.165) is 24.3 Å². The maximum atomic E-state index is 13.1. The van der Waals surface area contributed by atoms with Crippen LogP contribution in [0.5, 0.6) is 23.0 Å². The number of hydrogen-bond donors (Lipinski definition) is 0. The lowest BCUT2D eigenvalue weighted by atomic mass is 10.1. The fourth-order valence-electron chi connectivity index (χ4n) is 7.42. The van der Waals surface area contributed by atoms with Gasteiger partial charge in [0.25, 0.3) is 0 Å². The molecule has 0 spiro atoms. The second-order valence-corrected chi connectivity index (χ2v) is 17.2. The molecule has 0 atom stereocenters. The minimum Gasteiger partial charge on any atom is -0.494 e. The molecule has 0 unspecified atom stereocenters. The molecular formula is C57H72N4O6. The van der Waals surface area contributed by atoms with Gasteiger partial charge in [0.2, 0.25) is 0 Å². The zero-order valence-corrected chi connectivity index (χ0v) is 40.3. The maximum Gasteiger partial charge on any atom is 0.343 e. The molecular weight excluding hydrogens is 837 g/mol. The Morgan fingerprint density at radius 2 is 0.687 bits per heavy atom. The van der Waals surface area contributed by atoms with Crippen molar-refractivity contribution >= 4 is 34.7 Å². The molecule has 10 heteroatoms. The number of carbonyl (C=O) groups excluding carboxylic acids is 2. The van der Waals surface area contributed by atoms with Gasteiger partial charge in [0, 0.05) is 6.07 Å². The highest BCUT2D eigenvalue weighted by atomic mass is 16.5. The van der Waals surface area contributed by atoms with E-state index in [0.29, 0.717) is 52.7 Å². The Morgan fingerprint density at radius 1 is 0.373 bits per heavy atom. The second kappa shape index (κ2) is 30.9. The van der Waals surface area contributed by atoms with E-state index in [1.807, 2.05) is 55.5 Å². The molecule has 5 aromatic carbocycles. The standard InChI is InChI=1S/C57H72N4O6/c1-4-6-8-10-12-14-16-18-20-22-42-64-52-38-33-50(34-39-52)60-58-48-29-25-46(26-30-48)56(62)66-54-37-24-45(3)55(44-54)67-57(63)47-27-31-49(32-28-47)59-61-51-35-40-53(41-36-51)65-43-23-21-19-17-15-13-11-9-7-5-2/h24-41,44H,4-23,42-43H2,1-3H3. The number of esters is 2. The van der Waals surface area contributed by atoms with Gasteiger partial charge in [0.05, 0.1) is 47.1 Å². The average molecular weight is 909 g/mol. The van der Waals surface area contributed by atoms with Gasteiger partial charge in [-0.3, -0.25) is 0 Å². The van der Waals surface area contributed by atoms with Crippen LogP contribution in [0.15, 0.2) is 136 Å². The molecule has 0 aliphatic rings. The molecule has 0 N–H and O–H groups in total. The topological polar surface area (TPSA) is 121 Å². The van der Waals surface area contributed by atoms with Crippen molar-refractivity contribution in [1.82, 2.24) is 0 Å². The van der Waals surface area contributed by atoms with E-state index in [4.69, 9.17) is 18.9 Å². The summed E-state index contributed by atoms with van der Waals surface area (Å²) < 4.78 is 23.2. The lowest BCUT2D eigenvalue weighted by Gasteiger charge is -2.10. The van der Waals surface area contributed by atoms with Crippen LogP contribution in [0.2, 0.25) is 0 Å². The molecule has 0 aromatic heterocycles. The van der Waals surface area contributed by atoms with Crippen molar-refractivity contribution < 1.29 is 28.5 Å². The summed E-state index contributed by atoms with van der Waals surface area (Å²) in [7, 11) is 0. The molecule has 5 rings (SSSR count).